The minimum Gasteiger partial charge on any atom is -0.444 e. The summed E-state index contributed by atoms with van der Waals surface area (Å²) in [6.45, 7) is 4.91. The van der Waals surface area contributed by atoms with E-state index in [0.29, 0.717) is 18.6 Å². The van der Waals surface area contributed by atoms with Gasteiger partial charge in [0.1, 0.15) is 28.6 Å². The monoisotopic (exact) mass is 622 g/mol. The number of rotatable bonds is 5. The number of fused-ring (bicyclic) bond motifs is 1. The van der Waals surface area contributed by atoms with Crippen LogP contribution in [0.2, 0.25) is 0 Å². The molecule has 1 N–H and O–H groups in total. The maximum absolute atomic E-state index is 14.8. The zero-order chi connectivity index (χ0) is 30.6. The number of carbonyl (C=O) groups excluding carboxylic acids is 1. The van der Waals surface area contributed by atoms with Crippen LogP contribution in [0.15, 0.2) is 24.4 Å². The third-order valence-corrected chi connectivity index (χ3v) is 9.34. The maximum Gasteiger partial charge on any atom is 0.416 e. The van der Waals surface area contributed by atoms with Crippen molar-refractivity contribution in [2.75, 3.05) is 13.2 Å². The van der Waals surface area contributed by atoms with Crippen LogP contribution in [0.1, 0.15) is 56.5 Å². The molecule has 232 valence electrons. The number of halogens is 5. The molecule has 1 aromatic carbocycles. The van der Waals surface area contributed by atoms with Gasteiger partial charge in [0.25, 0.3) is 10.0 Å². The second-order valence-electron chi connectivity index (χ2n) is 11.6. The molecule has 0 spiro atoms. The predicted molar refractivity (Wildman–Crippen MR) is 137 cm³/mol. The smallest absolute Gasteiger partial charge is 0.416 e. The number of hydrogen-bond acceptors (Lipinski definition) is 8. The number of ether oxygens (including phenoxy) is 3. The van der Waals surface area contributed by atoms with Crippen molar-refractivity contribution in [3.05, 3.63) is 52.9 Å². The van der Waals surface area contributed by atoms with Crippen LogP contribution in [0.5, 0.6) is 0 Å². The number of carbonyl (C=O) groups is 1. The van der Waals surface area contributed by atoms with E-state index in [0.717, 1.165) is 22.3 Å². The fourth-order valence-electron chi connectivity index (χ4n) is 5.52. The lowest BCUT2D eigenvalue weighted by Gasteiger charge is -2.45. The first-order valence-electron chi connectivity index (χ1n) is 13.3. The molecule has 0 bridgehead atoms. The van der Waals surface area contributed by atoms with Gasteiger partial charge in [-0.1, -0.05) is 0 Å². The van der Waals surface area contributed by atoms with Gasteiger partial charge in [0.05, 0.1) is 18.3 Å². The molecule has 16 heteroatoms. The number of nitrogens with zero attached hydrogens (tertiary/aromatic N) is 3. The number of hydrogen-bond donors (Lipinski definition) is 1. The van der Waals surface area contributed by atoms with Crippen LogP contribution < -0.4 is 5.32 Å². The summed E-state index contributed by atoms with van der Waals surface area (Å²) in [6, 6.07) is -0.294. The van der Waals surface area contributed by atoms with Crippen molar-refractivity contribution in [2.45, 2.75) is 88.0 Å². The summed E-state index contributed by atoms with van der Waals surface area (Å²) in [5.74, 6) is -1.89. The third-order valence-electron chi connectivity index (χ3n) is 7.41. The van der Waals surface area contributed by atoms with E-state index >= 15 is 0 Å². The molecule has 2 aromatic rings. The number of alkyl carbamates (subject to hydrolysis) is 1. The Kier molecular flexibility index (Phi) is 8.04. The summed E-state index contributed by atoms with van der Waals surface area (Å²) in [7, 11) is -3.85. The van der Waals surface area contributed by atoms with Gasteiger partial charge in [0, 0.05) is 43.1 Å². The molecule has 0 saturated carbocycles. The first-order chi connectivity index (χ1) is 19.5. The molecule has 10 nitrogen and oxygen atoms in total. The van der Waals surface area contributed by atoms with Crippen molar-refractivity contribution in [1.29, 1.82) is 0 Å². The van der Waals surface area contributed by atoms with Crippen molar-refractivity contribution in [2.24, 2.45) is 0 Å². The Balaban J connectivity index is 1.43. The minimum atomic E-state index is -4.92. The molecule has 42 heavy (non-hydrogen) atoms. The first-order valence-corrected chi connectivity index (χ1v) is 14.8. The number of alkyl halides is 3. The van der Waals surface area contributed by atoms with Crippen molar-refractivity contribution in [3.8, 4) is 0 Å². The molecular formula is C26H31F5N4O6S. The predicted octanol–water partition coefficient (Wildman–Crippen LogP) is 3.80. The molecule has 3 aliphatic heterocycles. The van der Waals surface area contributed by atoms with Crippen molar-refractivity contribution < 1.29 is 49.4 Å². The van der Waals surface area contributed by atoms with Crippen molar-refractivity contribution in [3.63, 3.8) is 0 Å². The Bertz CT molecular complexity index is 1410. The molecule has 2 saturated heterocycles. The Labute approximate surface area is 239 Å². The van der Waals surface area contributed by atoms with Gasteiger partial charge in [0.15, 0.2) is 6.10 Å². The molecule has 5 atom stereocenters. The molecule has 0 radical (unpaired) electrons. The lowest BCUT2D eigenvalue weighted by molar-refractivity contribution is -0.270. The molecule has 4 heterocycles. The van der Waals surface area contributed by atoms with Gasteiger partial charge in [-0.05, 0) is 51.8 Å². The quantitative estimate of drug-likeness (QED) is 0.502. The summed E-state index contributed by atoms with van der Waals surface area (Å²) in [4.78, 5) is 14.1. The number of amides is 1. The van der Waals surface area contributed by atoms with Crippen molar-refractivity contribution in [1.82, 2.24) is 19.4 Å². The van der Waals surface area contributed by atoms with Gasteiger partial charge in [-0.15, -0.1) is 0 Å². The summed E-state index contributed by atoms with van der Waals surface area (Å²) in [6.07, 6.45) is -8.80. The Morgan fingerprint density at radius 3 is 2.52 bits per heavy atom. The van der Waals surface area contributed by atoms with E-state index in [-0.39, 0.29) is 31.8 Å². The van der Waals surface area contributed by atoms with Crippen LogP contribution in [0.3, 0.4) is 0 Å². The number of nitrogens with one attached hydrogen (secondary N) is 1. The van der Waals surface area contributed by atoms with Gasteiger partial charge in [-0.3, -0.25) is 4.90 Å². The zero-order valence-corrected chi connectivity index (χ0v) is 23.8. The van der Waals surface area contributed by atoms with Crippen LogP contribution in [-0.4, -0.2) is 77.0 Å². The lowest BCUT2D eigenvalue weighted by atomic mass is 9.88. The van der Waals surface area contributed by atoms with E-state index < -0.39 is 74.6 Å². The van der Waals surface area contributed by atoms with Crippen LogP contribution in [0, 0.1) is 11.6 Å². The molecule has 1 amide bonds. The van der Waals surface area contributed by atoms with Gasteiger partial charge in [-0.25, -0.2) is 22.0 Å². The third kappa shape index (κ3) is 6.26. The topological polar surface area (TPSA) is 112 Å². The van der Waals surface area contributed by atoms with Crippen LogP contribution >= 0.6 is 0 Å². The molecule has 0 unspecified atom stereocenters. The van der Waals surface area contributed by atoms with Crippen LogP contribution in [0.4, 0.5) is 26.7 Å². The molecule has 1 aromatic heterocycles. The fourth-order valence-corrected chi connectivity index (χ4v) is 6.97. The molecule has 2 fully saturated rings. The van der Waals surface area contributed by atoms with E-state index in [9.17, 15) is 35.2 Å². The molecule has 5 rings (SSSR count). The van der Waals surface area contributed by atoms with E-state index in [1.54, 1.807) is 20.8 Å². The second kappa shape index (κ2) is 11.0. The highest BCUT2D eigenvalue weighted by molar-refractivity contribution is 7.90. The first kappa shape index (κ1) is 30.6. The average Bonchev–Trinajstić information content (AvgIpc) is 3.61. The number of aromatic nitrogens is 2. The highest BCUT2D eigenvalue weighted by Gasteiger charge is 2.55. The lowest BCUT2D eigenvalue weighted by Crippen LogP contribution is -2.59. The van der Waals surface area contributed by atoms with Crippen molar-refractivity contribution >= 4 is 16.1 Å². The van der Waals surface area contributed by atoms with Gasteiger partial charge in [0.2, 0.25) is 0 Å². The summed E-state index contributed by atoms with van der Waals surface area (Å²) in [5.41, 5.74) is -0.714. The molecular weight excluding hydrogens is 591 g/mol. The van der Waals surface area contributed by atoms with Gasteiger partial charge >= 0.3 is 12.3 Å². The highest BCUT2D eigenvalue weighted by atomic mass is 32.2. The summed E-state index contributed by atoms with van der Waals surface area (Å²) in [5, 5.41) is 5.88. The second-order valence-corrected chi connectivity index (χ2v) is 13.7. The Hall–Kier alpha value is -2.82. The van der Waals surface area contributed by atoms with E-state index in [1.165, 1.54) is 11.1 Å². The Morgan fingerprint density at radius 1 is 1.17 bits per heavy atom. The Morgan fingerprint density at radius 2 is 1.90 bits per heavy atom. The summed E-state index contributed by atoms with van der Waals surface area (Å²) < 4.78 is 115. The van der Waals surface area contributed by atoms with E-state index in [1.807, 2.05) is 0 Å². The van der Waals surface area contributed by atoms with Crippen LogP contribution in [0.25, 0.3) is 0 Å². The highest BCUT2D eigenvalue weighted by Crippen LogP contribution is 2.43. The summed E-state index contributed by atoms with van der Waals surface area (Å²) >= 11 is 0. The van der Waals surface area contributed by atoms with Crippen LogP contribution in [-0.2, 0) is 37.3 Å². The largest absolute Gasteiger partial charge is 0.444 e. The van der Waals surface area contributed by atoms with Gasteiger partial charge in [-0.2, -0.15) is 22.4 Å². The normalized spacial score (nSPS) is 27.2. The maximum atomic E-state index is 14.8. The number of benzene rings is 1. The standard InChI is InChI=1S/C26H31F5N4O6S/c1-25(2,3)41-24(36)32-19-9-21(23(26(29,30)31)40-22(19)17-8-15(27)4-5-18(17)28)34-10-14-11-35(33-20(14)12-34)42(37,38)16-6-7-39-13-16/h4-5,8,11,16,19,21-23H,6-7,9-10,12-13H2,1-3H3,(H,32,36)/t16-,19+,21-,22-,23+/m1/s1. The fraction of sp³-hybridized carbons (Fsp3) is 0.615. The zero-order valence-electron chi connectivity index (χ0n) is 23.0. The molecule has 3 aliphatic rings. The minimum absolute atomic E-state index is 0.0325. The SMILES string of the molecule is CC(C)(C)OC(=O)N[C@H]1C[C@@H](N2Cc3cn(S(=O)(=O)[C@@H]4CCOC4)nc3C2)[C@@H](C(F)(F)F)O[C@@H]1c1cc(F)ccc1F. The molecule has 0 aliphatic carbocycles. The average molecular weight is 623 g/mol. The van der Waals surface area contributed by atoms with E-state index in [2.05, 4.69) is 10.4 Å². The van der Waals surface area contributed by atoms with Gasteiger partial charge < -0.3 is 19.5 Å². The van der Waals surface area contributed by atoms with E-state index in [4.69, 9.17) is 14.2 Å².